The quantitative estimate of drug-likeness (QED) is 0.279. The first-order chi connectivity index (χ1) is 18.1. The maximum Gasteiger partial charge on any atom is 0.461 e. The molecular weight excluding hydrogens is 564 g/mol. The van der Waals surface area contributed by atoms with E-state index in [9.17, 15) is 48.6 Å². The number of hydrogen-bond acceptors (Lipinski definition) is 5. The summed E-state index contributed by atoms with van der Waals surface area (Å²) in [5.74, 6) is -1.74. The Balaban J connectivity index is 1.92. The van der Waals surface area contributed by atoms with Crippen LogP contribution in [0.25, 0.3) is 0 Å². The number of rotatable bonds is 11. The molecule has 212 valence electrons. The third kappa shape index (κ3) is 7.95. The van der Waals surface area contributed by atoms with Gasteiger partial charge >= 0.3 is 18.7 Å². The number of aliphatic hydroxyl groups is 1. The van der Waals surface area contributed by atoms with E-state index in [1.54, 1.807) is 0 Å². The van der Waals surface area contributed by atoms with Crippen molar-refractivity contribution in [2.24, 2.45) is 0 Å². The van der Waals surface area contributed by atoms with Crippen molar-refractivity contribution in [1.29, 1.82) is 0 Å². The van der Waals surface area contributed by atoms with Gasteiger partial charge in [0.15, 0.2) is 6.10 Å². The highest BCUT2D eigenvalue weighted by molar-refractivity contribution is 7.92. The third-order valence-corrected chi connectivity index (χ3v) is 6.56. The van der Waals surface area contributed by atoms with Crippen LogP contribution >= 0.6 is 0 Å². The van der Waals surface area contributed by atoms with Crippen LogP contribution in [0.5, 0.6) is 5.75 Å². The van der Waals surface area contributed by atoms with E-state index in [0.29, 0.717) is 0 Å². The Bertz CT molecular complexity index is 1390. The predicted molar refractivity (Wildman–Crippen MR) is 125 cm³/mol. The lowest BCUT2D eigenvalue weighted by molar-refractivity contribution is -0.253. The zero-order valence-corrected chi connectivity index (χ0v) is 20.4. The molecule has 2 N–H and O–H groups in total. The minimum atomic E-state index is -5.05. The molecule has 6 nitrogen and oxygen atoms in total. The zero-order chi connectivity index (χ0) is 29.0. The summed E-state index contributed by atoms with van der Waals surface area (Å²) in [7, 11) is -4.44. The number of ether oxygens (including phenoxy) is 1. The number of sulfonamides is 1. The van der Waals surface area contributed by atoms with E-state index in [-0.39, 0.29) is 16.9 Å². The molecule has 0 saturated carbocycles. The van der Waals surface area contributed by atoms with E-state index in [1.807, 2.05) is 0 Å². The summed E-state index contributed by atoms with van der Waals surface area (Å²) in [6.45, 7) is -1.56. The molecule has 0 aliphatic carbocycles. The van der Waals surface area contributed by atoms with Crippen molar-refractivity contribution in [2.45, 2.75) is 36.3 Å². The number of nitrogens with one attached hydrogen (secondary N) is 1. The zero-order valence-electron chi connectivity index (χ0n) is 19.5. The molecule has 3 aromatic carbocycles. The molecule has 1 unspecified atom stereocenters. The molecule has 0 radical (unpaired) electrons. The molecule has 0 fully saturated rings. The van der Waals surface area contributed by atoms with E-state index in [4.69, 9.17) is 0 Å². The highest BCUT2D eigenvalue weighted by Gasteiger charge is 2.44. The summed E-state index contributed by atoms with van der Waals surface area (Å²) in [4.78, 5) is 0.265. The predicted octanol–water partition coefficient (Wildman–Crippen LogP) is 5.79. The van der Waals surface area contributed by atoms with Gasteiger partial charge in [-0.3, -0.25) is 4.72 Å². The maximum absolute atomic E-state index is 14.0. The topological polar surface area (TPSA) is 78.9 Å². The van der Waals surface area contributed by atoms with Crippen LogP contribution in [0.2, 0.25) is 0 Å². The van der Waals surface area contributed by atoms with E-state index in [0.717, 1.165) is 41.3 Å². The Kier molecular flexibility index (Phi) is 8.95. The van der Waals surface area contributed by atoms with Gasteiger partial charge in [-0.25, -0.2) is 12.8 Å². The van der Waals surface area contributed by atoms with Gasteiger partial charge in [0.2, 0.25) is 0 Å². The Hall–Kier alpha value is -3.59. The second-order valence-corrected chi connectivity index (χ2v) is 9.79. The number of benzene rings is 3. The number of anilines is 2. The van der Waals surface area contributed by atoms with Gasteiger partial charge in [0.05, 0.1) is 12.2 Å². The Morgan fingerprint density at radius 2 is 1.59 bits per heavy atom. The number of alkyl halides is 7. The molecule has 0 saturated heterocycles. The van der Waals surface area contributed by atoms with Crippen molar-refractivity contribution in [3.05, 3.63) is 84.2 Å². The van der Waals surface area contributed by atoms with Crippen molar-refractivity contribution in [2.75, 3.05) is 16.2 Å². The molecule has 39 heavy (non-hydrogen) atoms. The van der Waals surface area contributed by atoms with Gasteiger partial charge in [-0.2, -0.15) is 30.7 Å². The molecule has 3 rings (SSSR count). The van der Waals surface area contributed by atoms with Crippen LogP contribution in [-0.4, -0.2) is 44.9 Å². The van der Waals surface area contributed by atoms with Crippen LogP contribution in [0.15, 0.2) is 77.7 Å². The van der Waals surface area contributed by atoms with Crippen LogP contribution in [-0.2, 0) is 16.6 Å². The average molecular weight is 584 g/mol. The van der Waals surface area contributed by atoms with Crippen molar-refractivity contribution in [1.82, 2.24) is 0 Å². The molecule has 0 spiro atoms. The standard InChI is InChI=1S/C24H20F8N2O4S/c25-19-9-1-2-10-20(19)39(36,37)33-16-6-4-7-17(12-16)34(14-21(35)23(28,29)30)13-15-5-3-8-18(11-15)38-24(31,32)22(26)27/h1-12,21-22,33,35H,13-14H2. The van der Waals surface area contributed by atoms with Gasteiger partial charge in [0.25, 0.3) is 10.0 Å². The average Bonchev–Trinajstić information content (AvgIpc) is 2.83. The second kappa shape index (κ2) is 11.7. The molecule has 0 aromatic heterocycles. The summed E-state index contributed by atoms with van der Waals surface area (Å²) in [6, 6.07) is 13.6. The highest BCUT2D eigenvalue weighted by Crippen LogP contribution is 2.30. The number of hydrogen-bond donors (Lipinski definition) is 2. The molecule has 3 aromatic rings. The van der Waals surface area contributed by atoms with Crippen LogP contribution in [0, 0.1) is 5.82 Å². The fourth-order valence-electron chi connectivity index (χ4n) is 3.34. The molecule has 0 heterocycles. The first-order valence-electron chi connectivity index (χ1n) is 10.9. The lowest BCUT2D eigenvalue weighted by Gasteiger charge is -2.29. The molecular formula is C24H20F8N2O4S. The van der Waals surface area contributed by atoms with Gasteiger partial charge in [-0.15, -0.1) is 0 Å². The minimum Gasteiger partial charge on any atom is -0.428 e. The summed E-state index contributed by atoms with van der Waals surface area (Å²) < 4.78 is 136. The largest absolute Gasteiger partial charge is 0.461 e. The Labute approximate surface area is 217 Å². The van der Waals surface area contributed by atoms with Crippen molar-refractivity contribution >= 4 is 21.4 Å². The monoisotopic (exact) mass is 584 g/mol. The normalized spacial score (nSPS) is 13.3. The maximum atomic E-state index is 14.0. The minimum absolute atomic E-state index is 0.0317. The Morgan fingerprint density at radius 1 is 0.923 bits per heavy atom. The first kappa shape index (κ1) is 30.0. The molecule has 0 aliphatic heterocycles. The van der Waals surface area contributed by atoms with E-state index in [2.05, 4.69) is 9.46 Å². The fraction of sp³-hybridized carbons (Fsp3) is 0.250. The number of halogens is 8. The van der Waals surface area contributed by atoms with E-state index < -0.39 is 64.4 Å². The highest BCUT2D eigenvalue weighted by atomic mass is 32.2. The molecule has 15 heteroatoms. The van der Waals surface area contributed by atoms with Gasteiger partial charge in [0.1, 0.15) is 16.5 Å². The van der Waals surface area contributed by atoms with Crippen molar-refractivity contribution < 1.29 is 53.4 Å². The second-order valence-electron chi connectivity index (χ2n) is 8.14. The fourth-order valence-corrected chi connectivity index (χ4v) is 4.47. The first-order valence-corrected chi connectivity index (χ1v) is 12.4. The van der Waals surface area contributed by atoms with Crippen LogP contribution in [0.4, 0.5) is 46.5 Å². The molecule has 1 atom stereocenters. The van der Waals surface area contributed by atoms with Gasteiger partial charge in [0, 0.05) is 12.2 Å². The lowest BCUT2D eigenvalue weighted by Crippen LogP contribution is -2.41. The van der Waals surface area contributed by atoms with Crippen LogP contribution in [0.1, 0.15) is 5.56 Å². The number of aliphatic hydroxyl groups excluding tert-OH is 1. The smallest absolute Gasteiger partial charge is 0.428 e. The summed E-state index contributed by atoms with van der Waals surface area (Å²) in [6.07, 6.45) is -16.9. The van der Waals surface area contributed by atoms with Crippen LogP contribution < -0.4 is 14.4 Å². The number of nitrogens with zero attached hydrogens (tertiary/aromatic N) is 1. The van der Waals surface area contributed by atoms with Gasteiger partial charge < -0.3 is 14.7 Å². The summed E-state index contributed by atoms with van der Waals surface area (Å²) >= 11 is 0. The third-order valence-electron chi connectivity index (χ3n) is 5.14. The molecule has 0 amide bonds. The summed E-state index contributed by atoms with van der Waals surface area (Å²) in [5.41, 5.74) is -0.198. The lowest BCUT2D eigenvalue weighted by atomic mass is 10.1. The van der Waals surface area contributed by atoms with Gasteiger partial charge in [-0.05, 0) is 48.0 Å². The van der Waals surface area contributed by atoms with E-state index >= 15 is 0 Å². The Morgan fingerprint density at radius 3 is 2.23 bits per heavy atom. The van der Waals surface area contributed by atoms with Crippen molar-refractivity contribution in [3.63, 3.8) is 0 Å². The molecule has 0 aliphatic rings. The summed E-state index contributed by atoms with van der Waals surface area (Å²) in [5, 5.41) is 9.67. The molecule has 0 bridgehead atoms. The SMILES string of the molecule is O=S(=O)(Nc1cccc(N(Cc2cccc(OC(F)(F)C(F)F)c2)CC(O)C(F)(F)F)c1)c1ccccc1F. The van der Waals surface area contributed by atoms with Gasteiger partial charge in [-0.1, -0.05) is 30.3 Å². The van der Waals surface area contributed by atoms with Crippen LogP contribution in [0.3, 0.4) is 0 Å². The van der Waals surface area contributed by atoms with E-state index in [1.165, 1.54) is 36.4 Å². The van der Waals surface area contributed by atoms with Crippen molar-refractivity contribution in [3.8, 4) is 5.75 Å².